The van der Waals surface area contributed by atoms with Crippen LogP contribution in [0.1, 0.15) is 0 Å². The van der Waals surface area contributed by atoms with Gasteiger partial charge in [0.25, 0.3) is 0 Å². The van der Waals surface area contributed by atoms with Crippen LogP contribution in [0.5, 0.6) is 0 Å². The van der Waals surface area contributed by atoms with Gasteiger partial charge in [-0.25, -0.2) is 19.9 Å². The Morgan fingerprint density at radius 3 is 1.19 bits per heavy atom. The minimum Gasteiger partial charge on any atom is -0.309 e. The van der Waals surface area contributed by atoms with Gasteiger partial charge in [0.05, 0.1) is 69.6 Å². The van der Waals surface area contributed by atoms with E-state index in [9.17, 15) is 0 Å². The molecule has 0 atom stereocenters. The molecular weight excluding hydrogens is 1440 g/mol. The van der Waals surface area contributed by atoms with E-state index in [0.717, 1.165) is 82.2 Å². The maximum Gasteiger partial charge on any atom is 0.235 e. The summed E-state index contributed by atoms with van der Waals surface area (Å²) in [6.07, 6.45) is 0. The summed E-state index contributed by atoms with van der Waals surface area (Å²) in [5.41, 5.74) is 21.1. The maximum absolute atomic E-state index is 5.55. The van der Waals surface area contributed by atoms with Crippen molar-refractivity contribution in [3.05, 3.63) is 370 Å². The van der Waals surface area contributed by atoms with Crippen LogP contribution in [-0.4, -0.2) is 33.6 Å². The van der Waals surface area contributed by atoms with Crippen LogP contribution in [0.15, 0.2) is 370 Å². The molecule has 114 heavy (non-hydrogen) atoms. The average Bonchev–Trinajstić information content (AvgIpc) is 1.53. The van der Waals surface area contributed by atoms with Crippen molar-refractivity contribution in [1.29, 1.82) is 0 Å². The van der Waals surface area contributed by atoms with Gasteiger partial charge in [-0.2, -0.15) is 0 Å². The summed E-state index contributed by atoms with van der Waals surface area (Å²) in [6, 6.07) is 133. The van der Waals surface area contributed by atoms with E-state index in [-0.39, 0.29) is 0 Å². The van der Waals surface area contributed by atoms with E-state index < -0.39 is 0 Å². The van der Waals surface area contributed by atoms with E-state index >= 15 is 0 Å². The van der Waals surface area contributed by atoms with Crippen LogP contribution in [0.3, 0.4) is 0 Å². The number of nitrogens with zero attached hydrogens (tertiary/aromatic N) is 7. The summed E-state index contributed by atoms with van der Waals surface area (Å²) < 4.78 is 14.4. The van der Waals surface area contributed by atoms with Crippen molar-refractivity contribution in [2.45, 2.75) is 0 Å². The van der Waals surface area contributed by atoms with Crippen LogP contribution in [0.2, 0.25) is 0 Å². The first-order valence-corrected chi connectivity index (χ1v) is 40.9. The number of benzene rings is 17. The Bertz CT molecular complexity index is 8230. The van der Waals surface area contributed by atoms with Gasteiger partial charge >= 0.3 is 0 Å². The molecule has 25 aromatic rings. The quantitative estimate of drug-likeness (QED) is 0.152. The minimum atomic E-state index is 0.658. The fraction of sp³-hybridized carbons (Fsp3) is 0. The molecule has 7 nitrogen and oxygen atoms in total. The first-order chi connectivity index (χ1) is 56.6. The third-order valence-corrected chi connectivity index (χ3v) is 26.6. The topological polar surface area (TPSA) is 66.3 Å². The monoisotopic (exact) mass is 1500 g/mol. The van der Waals surface area contributed by atoms with E-state index in [2.05, 4.69) is 384 Å². The van der Waals surface area contributed by atoms with Crippen LogP contribution in [0.4, 0.5) is 0 Å². The molecule has 0 N–H and O–H groups in total. The number of thiophene rings is 3. The van der Waals surface area contributed by atoms with Gasteiger partial charge in [0.1, 0.15) is 0 Å². The van der Waals surface area contributed by atoms with Gasteiger partial charge in [-0.15, -0.1) is 34.0 Å². The second-order valence-corrected chi connectivity index (χ2v) is 32.6. The Balaban J connectivity index is 0.000000132. The molecule has 0 aliphatic rings. The Kier molecular flexibility index (Phi) is 14.5. The molecule has 25 rings (SSSR count). The lowest BCUT2D eigenvalue weighted by Crippen LogP contribution is -2.03. The van der Waals surface area contributed by atoms with Crippen molar-refractivity contribution >= 4 is 193 Å². The van der Waals surface area contributed by atoms with E-state index in [0.29, 0.717) is 11.9 Å². The molecule has 0 radical (unpaired) electrons. The normalized spacial score (nSPS) is 12.0. The molecule has 0 fully saturated rings. The zero-order valence-corrected chi connectivity index (χ0v) is 63.5. The molecule has 8 aromatic heterocycles. The largest absolute Gasteiger partial charge is 0.309 e. The molecule has 8 heterocycles. The van der Waals surface area contributed by atoms with Gasteiger partial charge < -0.3 is 4.57 Å². The molecule has 530 valence electrons. The Hall–Kier alpha value is -14.3. The van der Waals surface area contributed by atoms with Gasteiger partial charge in [0.15, 0.2) is 0 Å². The number of para-hydroxylation sites is 3. The Labute approximate surface area is 664 Å². The van der Waals surface area contributed by atoms with Gasteiger partial charge in [-0.3, -0.25) is 9.13 Å². The fourth-order valence-corrected chi connectivity index (χ4v) is 21.8. The molecule has 0 aliphatic heterocycles. The SMILES string of the molecule is c1ccc(-c2ccc3c(c2)sc2c3c3ccccc3c3c4cc(-n5c6ccccc6c6ccccc65)ccc4n(-c4nc(-c5ccccc5)c5ccccc5n4)c23)cc1.c1ccc(-c2ccc3sc4c(c3c2)c2ccccc2c2c3cc(-c5ccccc5)ccc3n(-c3nc(-c5ccccc5)c5sc6ccccc6c5n3)c42)cc1. The highest BCUT2D eigenvalue weighted by molar-refractivity contribution is 7.27. The standard InChI is InChI=1S/C54H32N4S.C50H29N3S2/c1-3-15-33(16-4-1)35-27-29-42-48(31-35)59-53-50(42)40-22-8-7-21-39(40)49-43-32-36(57-45-25-13-10-19-37(45)38-20-11-14-26-46(38)57)28-30-47(43)58(52(49)53)54-55-44-24-12-9-23-41(44)51(56-54)34-17-5-2-6-18-34;1-4-14-30(15-5-1)33-24-26-40-38(28-33)43-35-20-10-11-21-36(35)44-39-29-34(31-16-6-2-7-17-31)25-27-42(39)54-48(44)47(43)53(40)50-51-45(32-18-8-3-9-19-32)49-46(52-50)37-22-12-13-23-41(37)55-49/h1-32H;1-29H. The molecular formula is C104H61N7S3. The molecule has 0 bridgehead atoms. The number of hydrogen-bond donors (Lipinski definition) is 0. The van der Waals surface area contributed by atoms with Crippen molar-refractivity contribution in [3.8, 4) is 73.5 Å². The van der Waals surface area contributed by atoms with E-state index in [1.54, 1.807) is 11.3 Å². The third kappa shape index (κ3) is 9.91. The summed E-state index contributed by atoms with van der Waals surface area (Å²) in [5, 5.41) is 19.5. The highest BCUT2D eigenvalue weighted by Crippen LogP contribution is 2.53. The highest BCUT2D eigenvalue weighted by Gasteiger charge is 2.29. The summed E-state index contributed by atoms with van der Waals surface area (Å²) in [4.78, 5) is 22.0. The van der Waals surface area contributed by atoms with Crippen LogP contribution < -0.4 is 0 Å². The second kappa shape index (κ2) is 25.7. The minimum absolute atomic E-state index is 0.658. The molecule has 10 heteroatoms. The van der Waals surface area contributed by atoms with Crippen LogP contribution >= 0.6 is 34.0 Å². The van der Waals surface area contributed by atoms with Crippen molar-refractivity contribution in [2.75, 3.05) is 0 Å². The van der Waals surface area contributed by atoms with Crippen LogP contribution in [0, 0.1) is 0 Å². The smallest absolute Gasteiger partial charge is 0.235 e. The first kappa shape index (κ1) is 64.5. The fourth-order valence-electron chi connectivity index (χ4n) is 18.1. The lowest BCUT2D eigenvalue weighted by Gasteiger charge is -2.13. The predicted molar refractivity (Wildman–Crippen MR) is 485 cm³/mol. The van der Waals surface area contributed by atoms with E-state index in [4.69, 9.17) is 19.9 Å². The van der Waals surface area contributed by atoms with Gasteiger partial charge in [-0.1, -0.05) is 297 Å². The zero-order valence-electron chi connectivity index (χ0n) is 61.1. The Morgan fingerprint density at radius 1 is 0.202 bits per heavy atom. The lowest BCUT2D eigenvalue weighted by atomic mass is 9.96. The van der Waals surface area contributed by atoms with Crippen molar-refractivity contribution in [1.82, 2.24) is 33.6 Å². The second-order valence-electron chi connectivity index (χ2n) is 29.4. The molecule has 17 aromatic carbocycles. The lowest BCUT2D eigenvalue weighted by molar-refractivity contribution is 1.02. The molecule has 0 saturated heterocycles. The van der Waals surface area contributed by atoms with Gasteiger partial charge in [-0.05, 0) is 128 Å². The molecule has 0 amide bonds. The zero-order chi connectivity index (χ0) is 74.6. The van der Waals surface area contributed by atoms with Gasteiger partial charge in [0, 0.05) is 95.5 Å². The number of hydrogen-bond acceptors (Lipinski definition) is 7. The van der Waals surface area contributed by atoms with Gasteiger partial charge in [0.2, 0.25) is 11.9 Å². The van der Waals surface area contributed by atoms with Crippen LogP contribution in [0.25, 0.3) is 232 Å². The molecule has 0 spiro atoms. The summed E-state index contributed by atoms with van der Waals surface area (Å²) in [5.74, 6) is 1.34. The van der Waals surface area contributed by atoms with Crippen molar-refractivity contribution < 1.29 is 0 Å². The Morgan fingerprint density at radius 2 is 0.596 bits per heavy atom. The maximum atomic E-state index is 5.55. The third-order valence-electron chi connectivity index (χ3n) is 23.1. The number of fused-ring (bicyclic) bond motifs is 27. The average molecular weight is 1500 g/mol. The summed E-state index contributed by atoms with van der Waals surface area (Å²) in [7, 11) is 0. The predicted octanol–water partition coefficient (Wildman–Crippen LogP) is 29.1. The van der Waals surface area contributed by atoms with E-state index in [1.165, 1.54) is 138 Å². The number of rotatable bonds is 8. The molecule has 0 unspecified atom stereocenters. The van der Waals surface area contributed by atoms with Crippen molar-refractivity contribution in [2.24, 2.45) is 0 Å². The molecule has 0 saturated carbocycles. The molecule has 0 aliphatic carbocycles. The van der Waals surface area contributed by atoms with E-state index in [1.807, 2.05) is 22.7 Å². The first-order valence-electron chi connectivity index (χ1n) is 38.5. The van der Waals surface area contributed by atoms with Crippen molar-refractivity contribution in [3.63, 3.8) is 0 Å². The summed E-state index contributed by atoms with van der Waals surface area (Å²) in [6.45, 7) is 0. The van der Waals surface area contributed by atoms with Crippen LogP contribution in [-0.2, 0) is 0 Å². The summed E-state index contributed by atoms with van der Waals surface area (Å²) >= 11 is 5.51. The highest BCUT2D eigenvalue weighted by atomic mass is 32.1. The number of aromatic nitrogens is 7.